The molecule has 0 saturated carbocycles. The average molecular weight is 294 g/mol. The summed E-state index contributed by atoms with van der Waals surface area (Å²) >= 11 is 0. The maximum absolute atomic E-state index is 12.8. The van der Waals surface area contributed by atoms with Crippen LogP contribution in [-0.2, 0) is 4.74 Å². The largest absolute Gasteiger partial charge is 0.377 e. The topological polar surface area (TPSA) is 43.4 Å². The molecule has 0 amide bonds. The van der Waals surface area contributed by atoms with Gasteiger partial charge in [0.15, 0.2) is 11.6 Å². The van der Waals surface area contributed by atoms with Crippen molar-refractivity contribution in [3.05, 3.63) is 71.8 Å². The van der Waals surface area contributed by atoms with Crippen molar-refractivity contribution in [1.82, 2.24) is 0 Å². The summed E-state index contributed by atoms with van der Waals surface area (Å²) < 4.78 is 5.66. The van der Waals surface area contributed by atoms with Crippen LogP contribution in [0.2, 0.25) is 0 Å². The third-order valence-electron chi connectivity index (χ3n) is 4.02. The Morgan fingerprint density at radius 3 is 1.77 bits per heavy atom. The number of hydrogen-bond donors (Lipinski definition) is 0. The van der Waals surface area contributed by atoms with Crippen LogP contribution in [0.25, 0.3) is 0 Å². The van der Waals surface area contributed by atoms with E-state index in [-0.39, 0.29) is 17.7 Å². The Morgan fingerprint density at radius 2 is 1.36 bits per heavy atom. The van der Waals surface area contributed by atoms with Crippen molar-refractivity contribution in [1.29, 1.82) is 0 Å². The highest BCUT2D eigenvalue weighted by Crippen LogP contribution is 2.27. The lowest BCUT2D eigenvalue weighted by atomic mass is 9.85. The highest BCUT2D eigenvalue weighted by Gasteiger charge is 2.38. The summed E-state index contributed by atoms with van der Waals surface area (Å²) in [6, 6.07) is 18.0. The molecule has 0 spiro atoms. The Morgan fingerprint density at radius 1 is 0.864 bits per heavy atom. The Hall–Kier alpha value is -2.26. The van der Waals surface area contributed by atoms with Crippen LogP contribution in [0.15, 0.2) is 60.7 Å². The smallest absolute Gasteiger partial charge is 0.176 e. The van der Waals surface area contributed by atoms with Gasteiger partial charge in [-0.05, 0) is 12.8 Å². The fourth-order valence-corrected chi connectivity index (χ4v) is 2.89. The summed E-state index contributed by atoms with van der Waals surface area (Å²) in [6.45, 7) is 0.616. The first-order valence-electron chi connectivity index (χ1n) is 7.57. The zero-order valence-corrected chi connectivity index (χ0v) is 12.3. The van der Waals surface area contributed by atoms with E-state index in [1.54, 1.807) is 24.3 Å². The van der Waals surface area contributed by atoms with E-state index in [2.05, 4.69) is 0 Å². The Labute approximate surface area is 129 Å². The Kier molecular flexibility index (Phi) is 4.45. The molecule has 3 heteroatoms. The third-order valence-corrected chi connectivity index (χ3v) is 4.02. The van der Waals surface area contributed by atoms with Crippen LogP contribution in [0.4, 0.5) is 0 Å². The minimum atomic E-state index is -0.757. The van der Waals surface area contributed by atoms with E-state index in [9.17, 15) is 9.59 Å². The third kappa shape index (κ3) is 3.00. The van der Waals surface area contributed by atoms with Crippen molar-refractivity contribution in [2.24, 2.45) is 5.92 Å². The molecular weight excluding hydrogens is 276 g/mol. The predicted molar refractivity (Wildman–Crippen MR) is 84.0 cm³/mol. The van der Waals surface area contributed by atoms with E-state index in [1.165, 1.54) is 0 Å². The summed E-state index contributed by atoms with van der Waals surface area (Å²) in [5.74, 6) is -1.06. The number of rotatable bonds is 5. The van der Waals surface area contributed by atoms with Gasteiger partial charge >= 0.3 is 0 Å². The second kappa shape index (κ2) is 6.67. The number of carbonyl (C=O) groups excluding carboxylic acids is 2. The molecule has 1 saturated heterocycles. The van der Waals surface area contributed by atoms with Crippen LogP contribution in [-0.4, -0.2) is 24.3 Å². The predicted octanol–water partition coefficient (Wildman–Crippen LogP) is 3.55. The van der Waals surface area contributed by atoms with Crippen LogP contribution >= 0.6 is 0 Å². The quantitative estimate of drug-likeness (QED) is 0.625. The molecule has 0 bridgehead atoms. The molecule has 1 aliphatic heterocycles. The maximum Gasteiger partial charge on any atom is 0.176 e. The first kappa shape index (κ1) is 14.7. The van der Waals surface area contributed by atoms with Gasteiger partial charge in [-0.2, -0.15) is 0 Å². The van der Waals surface area contributed by atoms with E-state index in [4.69, 9.17) is 4.74 Å². The van der Waals surface area contributed by atoms with Crippen LogP contribution in [0, 0.1) is 5.92 Å². The highest BCUT2D eigenvalue weighted by molar-refractivity contribution is 6.16. The number of hydrogen-bond acceptors (Lipinski definition) is 3. The Bertz CT molecular complexity index is 591. The second-order valence-electron chi connectivity index (χ2n) is 5.49. The number of benzene rings is 2. The van der Waals surface area contributed by atoms with Gasteiger partial charge in [0, 0.05) is 17.7 Å². The van der Waals surface area contributed by atoms with E-state index < -0.39 is 5.92 Å². The SMILES string of the molecule is O=C(c1ccccc1)C(C(=O)c1ccccc1)C1CCCO1. The van der Waals surface area contributed by atoms with Gasteiger partial charge in [-0.15, -0.1) is 0 Å². The molecule has 3 rings (SSSR count). The van der Waals surface area contributed by atoms with E-state index in [0.717, 1.165) is 12.8 Å². The summed E-state index contributed by atoms with van der Waals surface area (Å²) in [5.41, 5.74) is 1.12. The fraction of sp³-hybridized carbons (Fsp3) is 0.263. The number of Topliss-reactive ketones (excluding diaryl/α,β-unsaturated/α-hetero) is 2. The van der Waals surface area contributed by atoms with Gasteiger partial charge in [-0.25, -0.2) is 0 Å². The van der Waals surface area contributed by atoms with Crippen LogP contribution in [0.3, 0.4) is 0 Å². The molecule has 0 aliphatic carbocycles. The molecule has 2 aromatic carbocycles. The zero-order chi connectivity index (χ0) is 15.4. The molecule has 112 valence electrons. The van der Waals surface area contributed by atoms with Crippen molar-refractivity contribution >= 4 is 11.6 Å². The van der Waals surface area contributed by atoms with Crippen molar-refractivity contribution in [2.45, 2.75) is 18.9 Å². The Balaban J connectivity index is 1.94. The van der Waals surface area contributed by atoms with Crippen LogP contribution < -0.4 is 0 Å². The van der Waals surface area contributed by atoms with Crippen LogP contribution in [0.1, 0.15) is 33.6 Å². The van der Waals surface area contributed by atoms with E-state index >= 15 is 0 Å². The minimum absolute atomic E-state index is 0.152. The lowest BCUT2D eigenvalue weighted by Crippen LogP contribution is -2.35. The molecule has 22 heavy (non-hydrogen) atoms. The standard InChI is InChI=1S/C19H18O3/c20-18(14-8-3-1-4-9-14)17(16-12-7-13-22-16)19(21)15-10-5-2-6-11-15/h1-6,8-11,16-17H,7,12-13H2. The molecule has 0 N–H and O–H groups in total. The van der Waals surface area contributed by atoms with Gasteiger partial charge in [0.25, 0.3) is 0 Å². The second-order valence-corrected chi connectivity index (χ2v) is 5.49. The number of ether oxygens (including phenoxy) is 1. The van der Waals surface area contributed by atoms with E-state index in [0.29, 0.717) is 17.7 Å². The highest BCUT2D eigenvalue weighted by atomic mass is 16.5. The number of ketones is 2. The van der Waals surface area contributed by atoms with Gasteiger partial charge in [-0.1, -0.05) is 60.7 Å². The molecular formula is C19H18O3. The van der Waals surface area contributed by atoms with Crippen molar-refractivity contribution in [3.63, 3.8) is 0 Å². The van der Waals surface area contributed by atoms with Crippen LogP contribution in [0.5, 0.6) is 0 Å². The molecule has 0 aromatic heterocycles. The molecule has 3 nitrogen and oxygen atoms in total. The molecule has 2 aromatic rings. The zero-order valence-electron chi connectivity index (χ0n) is 12.3. The first-order chi connectivity index (χ1) is 10.8. The van der Waals surface area contributed by atoms with Crippen molar-refractivity contribution in [3.8, 4) is 0 Å². The lowest BCUT2D eigenvalue weighted by molar-refractivity contribution is 0.0457. The summed E-state index contributed by atoms with van der Waals surface area (Å²) in [5, 5.41) is 0. The molecule has 1 fully saturated rings. The number of carbonyl (C=O) groups is 2. The average Bonchev–Trinajstić information content (AvgIpc) is 3.10. The molecule has 1 heterocycles. The van der Waals surface area contributed by atoms with Gasteiger partial charge in [0.2, 0.25) is 0 Å². The van der Waals surface area contributed by atoms with Gasteiger partial charge < -0.3 is 4.74 Å². The molecule has 1 aliphatic rings. The van der Waals surface area contributed by atoms with Gasteiger partial charge in [-0.3, -0.25) is 9.59 Å². The van der Waals surface area contributed by atoms with Gasteiger partial charge in [0.1, 0.15) is 5.92 Å². The van der Waals surface area contributed by atoms with Crippen molar-refractivity contribution < 1.29 is 14.3 Å². The minimum Gasteiger partial charge on any atom is -0.377 e. The fourth-order valence-electron chi connectivity index (χ4n) is 2.89. The molecule has 1 unspecified atom stereocenters. The van der Waals surface area contributed by atoms with Gasteiger partial charge in [0.05, 0.1) is 6.10 Å². The maximum atomic E-state index is 12.8. The molecule has 1 atom stereocenters. The van der Waals surface area contributed by atoms with E-state index in [1.807, 2.05) is 36.4 Å². The molecule has 0 radical (unpaired) electrons. The summed E-state index contributed by atoms with van der Waals surface area (Å²) in [4.78, 5) is 25.7. The normalized spacial score (nSPS) is 17.6. The van der Waals surface area contributed by atoms with Crippen molar-refractivity contribution in [2.75, 3.05) is 6.61 Å². The monoisotopic (exact) mass is 294 g/mol. The lowest BCUT2D eigenvalue weighted by Gasteiger charge is -2.21. The summed E-state index contributed by atoms with van der Waals surface area (Å²) in [7, 11) is 0. The summed E-state index contributed by atoms with van der Waals surface area (Å²) in [6.07, 6.45) is 1.33. The first-order valence-corrected chi connectivity index (χ1v) is 7.57.